The number of hydrogen-bond donors (Lipinski definition) is 1. The van der Waals surface area contributed by atoms with Gasteiger partial charge in [-0.25, -0.2) is 0 Å². The van der Waals surface area contributed by atoms with Gasteiger partial charge in [-0.3, -0.25) is 14.6 Å². The third-order valence-electron chi connectivity index (χ3n) is 3.51. The summed E-state index contributed by atoms with van der Waals surface area (Å²) in [7, 11) is 0. The molecule has 0 fully saturated rings. The highest BCUT2D eigenvalue weighted by atomic mass is 16.4. The molecule has 0 aliphatic carbocycles. The zero-order valence-corrected chi connectivity index (χ0v) is 13.6. The van der Waals surface area contributed by atoms with Gasteiger partial charge in [0, 0.05) is 42.0 Å². The predicted molar refractivity (Wildman–Crippen MR) is 90.9 cm³/mol. The van der Waals surface area contributed by atoms with Crippen molar-refractivity contribution in [2.45, 2.75) is 19.8 Å². The van der Waals surface area contributed by atoms with Gasteiger partial charge in [-0.05, 0) is 31.2 Å². The van der Waals surface area contributed by atoms with Crippen molar-refractivity contribution in [3.63, 3.8) is 0 Å². The molecule has 1 amide bonds. The SMILES string of the molecule is CC(=O)c1cccc(NC(=O)CCc2nnc(-c3ccncc3)o2)c1. The first-order chi connectivity index (χ1) is 12.1. The quantitative estimate of drug-likeness (QED) is 0.695. The van der Waals surface area contributed by atoms with Gasteiger partial charge in [0.05, 0.1) is 0 Å². The van der Waals surface area contributed by atoms with Crippen LogP contribution in [0.3, 0.4) is 0 Å². The Bertz CT molecular complexity index is 890. The summed E-state index contributed by atoms with van der Waals surface area (Å²) in [5.74, 6) is 0.543. The molecule has 0 saturated heterocycles. The summed E-state index contributed by atoms with van der Waals surface area (Å²) in [5, 5.41) is 10.7. The highest BCUT2D eigenvalue weighted by molar-refractivity contribution is 5.97. The number of pyridine rings is 1. The Kier molecular flexibility index (Phi) is 4.94. The number of rotatable bonds is 6. The summed E-state index contributed by atoms with van der Waals surface area (Å²) in [6, 6.07) is 10.4. The van der Waals surface area contributed by atoms with Crippen molar-refractivity contribution in [3.8, 4) is 11.5 Å². The Hall–Kier alpha value is -3.35. The fraction of sp³-hybridized carbons (Fsp3) is 0.167. The second kappa shape index (κ2) is 7.48. The van der Waals surface area contributed by atoms with Gasteiger partial charge >= 0.3 is 0 Å². The Morgan fingerprint density at radius 2 is 1.92 bits per heavy atom. The number of Topliss-reactive ketones (excluding diaryl/α,β-unsaturated/α-hetero) is 1. The first-order valence-electron chi connectivity index (χ1n) is 7.75. The van der Waals surface area contributed by atoms with Crippen molar-refractivity contribution >= 4 is 17.4 Å². The van der Waals surface area contributed by atoms with Gasteiger partial charge in [0.25, 0.3) is 0 Å². The third kappa shape index (κ3) is 4.35. The Balaban J connectivity index is 1.57. The van der Waals surface area contributed by atoms with Gasteiger partial charge in [0.1, 0.15) is 0 Å². The van der Waals surface area contributed by atoms with E-state index in [1.165, 1.54) is 6.92 Å². The summed E-state index contributed by atoms with van der Waals surface area (Å²) >= 11 is 0. The Morgan fingerprint density at radius 3 is 2.68 bits per heavy atom. The molecular formula is C18H16N4O3. The average molecular weight is 336 g/mol. The maximum absolute atomic E-state index is 12.0. The van der Waals surface area contributed by atoms with Gasteiger partial charge in [-0.1, -0.05) is 12.1 Å². The first-order valence-corrected chi connectivity index (χ1v) is 7.75. The van der Waals surface area contributed by atoms with Crippen LogP contribution in [0.1, 0.15) is 29.6 Å². The molecule has 3 rings (SSSR count). The maximum atomic E-state index is 12.0. The molecule has 0 radical (unpaired) electrons. The molecule has 7 heteroatoms. The van der Waals surface area contributed by atoms with E-state index >= 15 is 0 Å². The molecule has 126 valence electrons. The normalized spacial score (nSPS) is 10.4. The van der Waals surface area contributed by atoms with Crippen LogP contribution in [-0.2, 0) is 11.2 Å². The van der Waals surface area contributed by atoms with Crippen LogP contribution >= 0.6 is 0 Å². The van der Waals surface area contributed by atoms with Crippen LogP contribution in [0.15, 0.2) is 53.2 Å². The maximum Gasteiger partial charge on any atom is 0.247 e. The summed E-state index contributed by atoms with van der Waals surface area (Å²) in [4.78, 5) is 27.3. The molecule has 0 bridgehead atoms. The van der Waals surface area contributed by atoms with Crippen LogP contribution in [0.25, 0.3) is 11.5 Å². The summed E-state index contributed by atoms with van der Waals surface area (Å²) in [6.45, 7) is 1.48. The van der Waals surface area contributed by atoms with Gasteiger partial charge in [0.15, 0.2) is 5.78 Å². The lowest BCUT2D eigenvalue weighted by Crippen LogP contribution is -2.12. The molecule has 1 aromatic carbocycles. The molecule has 0 unspecified atom stereocenters. The molecule has 25 heavy (non-hydrogen) atoms. The van der Waals surface area contributed by atoms with Crippen molar-refractivity contribution in [1.82, 2.24) is 15.2 Å². The van der Waals surface area contributed by atoms with Crippen molar-refractivity contribution in [1.29, 1.82) is 0 Å². The smallest absolute Gasteiger partial charge is 0.247 e. The number of amides is 1. The van der Waals surface area contributed by atoms with E-state index in [2.05, 4.69) is 20.5 Å². The van der Waals surface area contributed by atoms with E-state index in [-0.39, 0.29) is 18.1 Å². The fourth-order valence-corrected chi connectivity index (χ4v) is 2.23. The lowest BCUT2D eigenvalue weighted by atomic mass is 10.1. The lowest BCUT2D eigenvalue weighted by Gasteiger charge is -2.05. The summed E-state index contributed by atoms with van der Waals surface area (Å²) in [5.41, 5.74) is 1.91. The van der Waals surface area contributed by atoms with Crippen molar-refractivity contribution in [2.24, 2.45) is 0 Å². The number of carbonyl (C=O) groups is 2. The van der Waals surface area contributed by atoms with E-state index in [0.717, 1.165) is 5.56 Å². The molecule has 2 aromatic heterocycles. The number of benzene rings is 1. The van der Waals surface area contributed by atoms with Crippen LogP contribution in [-0.4, -0.2) is 26.9 Å². The number of nitrogens with zero attached hydrogens (tertiary/aromatic N) is 3. The third-order valence-corrected chi connectivity index (χ3v) is 3.51. The van der Waals surface area contributed by atoms with Crippen molar-refractivity contribution in [2.75, 3.05) is 5.32 Å². The second-order valence-electron chi connectivity index (χ2n) is 5.42. The minimum absolute atomic E-state index is 0.0504. The Labute approximate surface area is 144 Å². The molecule has 7 nitrogen and oxygen atoms in total. The van der Waals surface area contributed by atoms with Crippen molar-refractivity contribution in [3.05, 3.63) is 60.2 Å². The van der Waals surface area contributed by atoms with Crippen molar-refractivity contribution < 1.29 is 14.0 Å². The summed E-state index contributed by atoms with van der Waals surface area (Å²) < 4.78 is 5.55. The monoisotopic (exact) mass is 336 g/mol. The molecule has 0 spiro atoms. The number of ketones is 1. The highest BCUT2D eigenvalue weighted by Gasteiger charge is 2.11. The molecular weight excluding hydrogens is 320 g/mol. The molecule has 0 aliphatic rings. The minimum atomic E-state index is -0.190. The van der Waals surface area contributed by atoms with Crippen LogP contribution in [0.4, 0.5) is 5.69 Å². The molecule has 0 saturated carbocycles. The van der Waals surface area contributed by atoms with E-state index in [1.54, 1.807) is 48.8 Å². The zero-order valence-electron chi connectivity index (χ0n) is 13.6. The van der Waals surface area contributed by atoms with Gasteiger partial charge in [0.2, 0.25) is 17.7 Å². The highest BCUT2D eigenvalue weighted by Crippen LogP contribution is 2.17. The van der Waals surface area contributed by atoms with Crippen LogP contribution in [0, 0.1) is 0 Å². The van der Waals surface area contributed by atoms with Crippen LogP contribution in [0.2, 0.25) is 0 Å². The number of anilines is 1. The minimum Gasteiger partial charge on any atom is -0.421 e. The zero-order chi connectivity index (χ0) is 17.6. The molecule has 3 aromatic rings. The fourth-order valence-electron chi connectivity index (χ4n) is 2.23. The van der Waals surface area contributed by atoms with Gasteiger partial charge < -0.3 is 9.73 Å². The largest absolute Gasteiger partial charge is 0.421 e. The standard InChI is InChI=1S/C18H16N4O3/c1-12(23)14-3-2-4-15(11-14)20-16(24)5-6-17-21-22-18(25-17)13-7-9-19-10-8-13/h2-4,7-11H,5-6H2,1H3,(H,20,24). The number of nitrogens with one attached hydrogen (secondary N) is 1. The number of aromatic nitrogens is 3. The number of aryl methyl sites for hydroxylation is 1. The molecule has 0 aliphatic heterocycles. The average Bonchev–Trinajstić information content (AvgIpc) is 3.10. The van der Waals surface area contributed by atoms with E-state index in [0.29, 0.717) is 29.5 Å². The second-order valence-corrected chi connectivity index (χ2v) is 5.42. The van der Waals surface area contributed by atoms with E-state index in [1.807, 2.05) is 0 Å². The number of hydrogen-bond acceptors (Lipinski definition) is 6. The van der Waals surface area contributed by atoms with Gasteiger partial charge in [-0.2, -0.15) is 0 Å². The molecule has 0 atom stereocenters. The predicted octanol–water partition coefficient (Wildman–Crippen LogP) is 2.91. The summed E-state index contributed by atoms with van der Waals surface area (Å²) in [6.07, 6.45) is 3.81. The van der Waals surface area contributed by atoms with E-state index < -0.39 is 0 Å². The topological polar surface area (TPSA) is 98.0 Å². The number of carbonyl (C=O) groups excluding carboxylic acids is 2. The first kappa shape index (κ1) is 16.5. The van der Waals surface area contributed by atoms with Crippen LogP contribution in [0.5, 0.6) is 0 Å². The van der Waals surface area contributed by atoms with Crippen LogP contribution < -0.4 is 5.32 Å². The lowest BCUT2D eigenvalue weighted by molar-refractivity contribution is -0.116. The van der Waals surface area contributed by atoms with E-state index in [4.69, 9.17) is 4.42 Å². The van der Waals surface area contributed by atoms with E-state index in [9.17, 15) is 9.59 Å². The molecule has 2 heterocycles. The molecule has 1 N–H and O–H groups in total. The van der Waals surface area contributed by atoms with Gasteiger partial charge in [-0.15, -0.1) is 10.2 Å². The Morgan fingerprint density at radius 1 is 1.12 bits per heavy atom.